The zero-order valence-electron chi connectivity index (χ0n) is 19.8. The maximum Gasteiger partial charge on any atom is 0.332 e. The van der Waals surface area contributed by atoms with Crippen molar-refractivity contribution in [3.8, 4) is 11.5 Å². The highest BCUT2D eigenvalue weighted by Crippen LogP contribution is 2.34. The molecule has 3 heterocycles. The Bertz CT molecular complexity index is 1430. The van der Waals surface area contributed by atoms with Gasteiger partial charge in [-0.2, -0.15) is 4.98 Å². The monoisotopic (exact) mass is 459 g/mol. The molecule has 176 valence electrons. The van der Waals surface area contributed by atoms with E-state index in [1.54, 1.807) is 7.05 Å². The number of fused-ring (bicyclic) bond motifs is 3. The lowest BCUT2D eigenvalue weighted by atomic mass is 10.1. The second kappa shape index (κ2) is 8.85. The first-order valence-electron chi connectivity index (χ1n) is 11.8. The van der Waals surface area contributed by atoms with E-state index in [-0.39, 0.29) is 11.2 Å². The number of ether oxygens (including phenoxy) is 1. The topological polar surface area (TPSA) is 74.3 Å². The van der Waals surface area contributed by atoms with Crippen molar-refractivity contribution < 1.29 is 4.74 Å². The number of anilines is 2. The highest BCUT2D eigenvalue weighted by Gasteiger charge is 2.29. The minimum Gasteiger partial charge on any atom is -0.457 e. The molecule has 4 aromatic rings. The Kier molecular flexibility index (Phi) is 5.73. The van der Waals surface area contributed by atoms with Gasteiger partial charge in [-0.15, -0.1) is 0 Å². The van der Waals surface area contributed by atoms with Crippen LogP contribution in [0, 0.1) is 5.92 Å². The number of para-hydroxylation sites is 1. The highest BCUT2D eigenvalue weighted by molar-refractivity contribution is 5.77. The number of unbranched alkanes of at least 4 members (excludes halogenated alkanes) is 1. The predicted octanol–water partition coefficient (Wildman–Crippen LogP) is 4.28. The molecular formula is C26H29N5O3. The van der Waals surface area contributed by atoms with Gasteiger partial charge in [-0.1, -0.05) is 38.5 Å². The van der Waals surface area contributed by atoms with Gasteiger partial charge in [0.1, 0.15) is 11.5 Å². The molecule has 0 radical (unpaired) electrons. The fourth-order valence-electron chi connectivity index (χ4n) is 4.55. The smallest absolute Gasteiger partial charge is 0.332 e. The van der Waals surface area contributed by atoms with E-state index in [0.717, 1.165) is 36.6 Å². The lowest BCUT2D eigenvalue weighted by molar-refractivity contribution is 0.457. The van der Waals surface area contributed by atoms with Crippen molar-refractivity contribution in [3.05, 3.63) is 75.4 Å². The minimum absolute atomic E-state index is 0.258. The Morgan fingerprint density at radius 3 is 2.41 bits per heavy atom. The molecule has 2 aromatic carbocycles. The Labute approximate surface area is 197 Å². The van der Waals surface area contributed by atoms with Crippen LogP contribution in [0.15, 0.2) is 64.2 Å². The summed E-state index contributed by atoms with van der Waals surface area (Å²) in [7, 11) is 1.69. The van der Waals surface area contributed by atoms with Crippen molar-refractivity contribution in [2.75, 3.05) is 11.4 Å². The average Bonchev–Trinajstić information content (AvgIpc) is 3.23. The van der Waals surface area contributed by atoms with Gasteiger partial charge in [0.05, 0.1) is 0 Å². The standard InChI is InChI=1S/C26H29N5O3/c1-4-5-15-29-24(32)22-23(28(3)26(29)33)27-25-30(16-18(2)17-31(22)25)19-11-13-21(14-12-19)34-20-9-7-6-8-10-20/h6-14,18H,4-5,15-17H2,1-3H3/t18-/m1/s1. The minimum atomic E-state index is -0.316. The number of imidazole rings is 1. The van der Waals surface area contributed by atoms with Gasteiger partial charge >= 0.3 is 5.69 Å². The molecule has 0 unspecified atom stereocenters. The molecule has 0 saturated carbocycles. The first kappa shape index (κ1) is 22.0. The molecule has 0 saturated heterocycles. The number of hydrogen-bond acceptors (Lipinski definition) is 5. The summed E-state index contributed by atoms with van der Waals surface area (Å²) < 4.78 is 10.7. The summed E-state index contributed by atoms with van der Waals surface area (Å²) in [4.78, 5) is 33.1. The molecule has 0 aliphatic carbocycles. The van der Waals surface area contributed by atoms with Crippen LogP contribution >= 0.6 is 0 Å². The summed E-state index contributed by atoms with van der Waals surface area (Å²) in [5.41, 5.74) is 1.31. The van der Waals surface area contributed by atoms with E-state index < -0.39 is 0 Å². The molecule has 0 spiro atoms. The molecule has 0 fully saturated rings. The molecule has 1 atom stereocenters. The van der Waals surface area contributed by atoms with Crippen LogP contribution in [0.3, 0.4) is 0 Å². The third kappa shape index (κ3) is 3.79. The molecule has 1 aliphatic heterocycles. The Morgan fingerprint density at radius 1 is 1.00 bits per heavy atom. The van der Waals surface area contributed by atoms with Crippen LogP contribution in [0.25, 0.3) is 11.2 Å². The molecule has 8 heteroatoms. The average molecular weight is 460 g/mol. The van der Waals surface area contributed by atoms with Crippen molar-refractivity contribution in [1.82, 2.24) is 18.7 Å². The van der Waals surface area contributed by atoms with Crippen molar-refractivity contribution in [3.63, 3.8) is 0 Å². The van der Waals surface area contributed by atoms with Crippen molar-refractivity contribution in [2.24, 2.45) is 13.0 Å². The van der Waals surface area contributed by atoms with Crippen LogP contribution in [0.4, 0.5) is 11.6 Å². The first-order chi connectivity index (χ1) is 16.5. The maximum atomic E-state index is 13.4. The first-order valence-corrected chi connectivity index (χ1v) is 11.8. The zero-order valence-corrected chi connectivity index (χ0v) is 19.8. The number of aromatic nitrogens is 4. The lowest BCUT2D eigenvalue weighted by Crippen LogP contribution is -2.40. The fraction of sp³-hybridized carbons (Fsp3) is 0.346. The van der Waals surface area contributed by atoms with Gasteiger partial charge in [0.2, 0.25) is 5.95 Å². The second-order valence-electron chi connectivity index (χ2n) is 8.97. The Balaban J connectivity index is 1.56. The van der Waals surface area contributed by atoms with E-state index in [1.165, 1.54) is 9.13 Å². The summed E-state index contributed by atoms with van der Waals surface area (Å²) in [6, 6.07) is 17.5. The largest absolute Gasteiger partial charge is 0.457 e. The highest BCUT2D eigenvalue weighted by atomic mass is 16.5. The van der Waals surface area contributed by atoms with Crippen LogP contribution in [-0.2, 0) is 20.1 Å². The molecule has 0 N–H and O–H groups in total. The van der Waals surface area contributed by atoms with Gasteiger partial charge in [0.25, 0.3) is 5.56 Å². The summed E-state index contributed by atoms with van der Waals surface area (Å²) in [5.74, 6) is 2.51. The van der Waals surface area contributed by atoms with Gasteiger partial charge in [0.15, 0.2) is 11.2 Å². The quantitative estimate of drug-likeness (QED) is 0.430. The van der Waals surface area contributed by atoms with E-state index in [1.807, 2.05) is 66.1 Å². The van der Waals surface area contributed by atoms with Crippen molar-refractivity contribution in [2.45, 2.75) is 39.8 Å². The Morgan fingerprint density at radius 2 is 1.71 bits per heavy atom. The van der Waals surface area contributed by atoms with Gasteiger partial charge in [-0.05, 0) is 48.7 Å². The third-order valence-corrected chi connectivity index (χ3v) is 6.30. The van der Waals surface area contributed by atoms with Crippen LogP contribution in [0.2, 0.25) is 0 Å². The summed E-state index contributed by atoms with van der Waals surface area (Å²) in [6.07, 6.45) is 1.69. The van der Waals surface area contributed by atoms with Crippen LogP contribution in [-0.4, -0.2) is 25.2 Å². The molecule has 0 amide bonds. The van der Waals surface area contributed by atoms with E-state index in [9.17, 15) is 9.59 Å². The molecule has 8 nitrogen and oxygen atoms in total. The van der Waals surface area contributed by atoms with Gasteiger partial charge in [-0.25, -0.2) is 4.79 Å². The predicted molar refractivity (Wildman–Crippen MR) is 133 cm³/mol. The molecule has 5 rings (SSSR count). The van der Waals surface area contributed by atoms with Crippen LogP contribution in [0.1, 0.15) is 26.7 Å². The van der Waals surface area contributed by atoms with E-state index in [4.69, 9.17) is 9.72 Å². The van der Waals surface area contributed by atoms with E-state index in [0.29, 0.717) is 36.1 Å². The molecular weight excluding hydrogens is 430 g/mol. The fourth-order valence-corrected chi connectivity index (χ4v) is 4.55. The second-order valence-corrected chi connectivity index (χ2v) is 8.97. The van der Waals surface area contributed by atoms with E-state index in [2.05, 4.69) is 11.8 Å². The lowest BCUT2D eigenvalue weighted by Gasteiger charge is -2.33. The third-order valence-electron chi connectivity index (χ3n) is 6.30. The maximum absolute atomic E-state index is 13.4. The van der Waals surface area contributed by atoms with Crippen LogP contribution in [0.5, 0.6) is 11.5 Å². The number of rotatable bonds is 6. The van der Waals surface area contributed by atoms with Crippen LogP contribution < -0.4 is 20.9 Å². The van der Waals surface area contributed by atoms with E-state index >= 15 is 0 Å². The molecule has 34 heavy (non-hydrogen) atoms. The molecule has 2 aromatic heterocycles. The molecule has 1 aliphatic rings. The van der Waals surface area contributed by atoms with Crippen molar-refractivity contribution >= 4 is 22.8 Å². The summed E-state index contributed by atoms with van der Waals surface area (Å²) >= 11 is 0. The molecule has 0 bridgehead atoms. The van der Waals surface area contributed by atoms with Gasteiger partial charge < -0.3 is 14.2 Å². The van der Waals surface area contributed by atoms with Gasteiger partial charge in [0, 0.05) is 32.4 Å². The normalized spacial score (nSPS) is 15.5. The summed E-state index contributed by atoms with van der Waals surface area (Å²) in [5, 5.41) is 0. The SMILES string of the molecule is CCCCn1c(=O)c2c(nc3n2C[C@H](C)CN3c2ccc(Oc3ccccc3)cc2)n(C)c1=O. The number of nitrogens with zero attached hydrogens (tertiary/aromatic N) is 5. The Hall–Kier alpha value is -3.81. The summed E-state index contributed by atoms with van der Waals surface area (Å²) in [6.45, 7) is 6.07. The number of benzene rings is 2. The number of hydrogen-bond donors (Lipinski definition) is 0. The zero-order chi connectivity index (χ0) is 23.8. The van der Waals surface area contributed by atoms with Gasteiger partial charge in [-0.3, -0.25) is 13.9 Å². The number of aryl methyl sites for hydroxylation is 1. The van der Waals surface area contributed by atoms with Crippen molar-refractivity contribution in [1.29, 1.82) is 0 Å².